The molecule has 0 spiro atoms. The monoisotopic (exact) mass is 299 g/mol. The van der Waals surface area contributed by atoms with E-state index in [-0.39, 0.29) is 11.5 Å². The number of rotatable bonds is 3. The Balaban J connectivity index is 2.20. The van der Waals surface area contributed by atoms with Crippen molar-refractivity contribution in [2.75, 3.05) is 11.1 Å². The van der Waals surface area contributed by atoms with Crippen molar-refractivity contribution >= 4 is 40.9 Å². The van der Waals surface area contributed by atoms with E-state index in [0.717, 1.165) is 18.6 Å². The van der Waals surface area contributed by atoms with E-state index in [2.05, 4.69) is 5.32 Å². The highest BCUT2D eigenvalue weighted by Crippen LogP contribution is 2.39. The smallest absolute Gasteiger partial charge is 0.335 e. The van der Waals surface area contributed by atoms with E-state index in [1.807, 2.05) is 6.92 Å². The Labute approximate surface area is 120 Å². The molecule has 6 heteroatoms. The van der Waals surface area contributed by atoms with Crippen molar-refractivity contribution in [3.05, 3.63) is 28.8 Å². The van der Waals surface area contributed by atoms with Gasteiger partial charge >= 0.3 is 5.97 Å². The summed E-state index contributed by atoms with van der Waals surface area (Å²) in [4.78, 5) is 23.1. The van der Waals surface area contributed by atoms with Crippen LogP contribution < -0.4 is 5.32 Å². The van der Waals surface area contributed by atoms with E-state index in [1.165, 1.54) is 18.2 Å². The van der Waals surface area contributed by atoms with Crippen molar-refractivity contribution in [1.29, 1.82) is 0 Å². The van der Waals surface area contributed by atoms with Gasteiger partial charge in [0.25, 0.3) is 0 Å². The quantitative estimate of drug-likeness (QED) is 0.899. The number of amides is 1. The maximum atomic E-state index is 12.2. The molecule has 0 aliphatic carbocycles. The predicted octanol–water partition coefficient (Wildman–Crippen LogP) is 3.26. The van der Waals surface area contributed by atoms with E-state index in [4.69, 9.17) is 16.7 Å². The molecule has 2 rings (SSSR count). The van der Waals surface area contributed by atoms with Crippen LogP contribution in [-0.2, 0) is 4.79 Å². The minimum atomic E-state index is -1.05. The summed E-state index contributed by atoms with van der Waals surface area (Å²) in [5.41, 5.74) is 0.448. The van der Waals surface area contributed by atoms with Gasteiger partial charge in [0.15, 0.2) is 0 Å². The Morgan fingerprint density at radius 2 is 2.21 bits per heavy atom. The summed E-state index contributed by atoms with van der Waals surface area (Å²) in [6, 6.07) is 4.27. The van der Waals surface area contributed by atoms with Crippen molar-refractivity contribution in [2.24, 2.45) is 0 Å². The van der Waals surface area contributed by atoms with Crippen LogP contribution in [0.25, 0.3) is 0 Å². The SMILES string of the molecule is CC1(C(=O)Nc2cc(C(=O)O)ccc2Cl)CCCS1. The molecule has 0 radical (unpaired) electrons. The largest absolute Gasteiger partial charge is 0.478 e. The van der Waals surface area contributed by atoms with Gasteiger partial charge in [0.1, 0.15) is 0 Å². The number of halogens is 1. The number of thioether (sulfide) groups is 1. The molecule has 0 aromatic heterocycles. The molecule has 19 heavy (non-hydrogen) atoms. The van der Waals surface area contributed by atoms with Gasteiger partial charge in [-0.3, -0.25) is 4.79 Å². The van der Waals surface area contributed by atoms with Gasteiger partial charge in [-0.15, -0.1) is 11.8 Å². The zero-order valence-electron chi connectivity index (χ0n) is 10.4. The predicted molar refractivity (Wildman–Crippen MR) is 77.1 cm³/mol. The van der Waals surface area contributed by atoms with E-state index >= 15 is 0 Å². The summed E-state index contributed by atoms with van der Waals surface area (Å²) in [6.45, 7) is 1.90. The molecule has 1 aromatic carbocycles. The van der Waals surface area contributed by atoms with Gasteiger partial charge in [-0.2, -0.15) is 0 Å². The number of nitrogens with one attached hydrogen (secondary N) is 1. The summed E-state index contributed by atoms with van der Waals surface area (Å²) in [5.74, 6) is -0.208. The highest BCUT2D eigenvalue weighted by molar-refractivity contribution is 8.01. The van der Waals surface area contributed by atoms with Crippen LogP contribution in [0.15, 0.2) is 18.2 Å². The minimum absolute atomic E-state index is 0.101. The Morgan fingerprint density at radius 1 is 1.47 bits per heavy atom. The van der Waals surface area contributed by atoms with Crippen LogP contribution in [0.3, 0.4) is 0 Å². The van der Waals surface area contributed by atoms with Gasteiger partial charge in [-0.25, -0.2) is 4.79 Å². The summed E-state index contributed by atoms with van der Waals surface area (Å²) >= 11 is 7.60. The molecule has 4 nitrogen and oxygen atoms in total. The lowest BCUT2D eigenvalue weighted by Crippen LogP contribution is -2.34. The minimum Gasteiger partial charge on any atom is -0.478 e. The van der Waals surface area contributed by atoms with Crippen LogP contribution in [0.5, 0.6) is 0 Å². The topological polar surface area (TPSA) is 66.4 Å². The van der Waals surface area contributed by atoms with Gasteiger partial charge in [0, 0.05) is 0 Å². The van der Waals surface area contributed by atoms with Crippen molar-refractivity contribution in [1.82, 2.24) is 0 Å². The fourth-order valence-electron chi connectivity index (χ4n) is 1.97. The van der Waals surface area contributed by atoms with E-state index in [0.29, 0.717) is 10.7 Å². The molecule has 0 saturated carbocycles. The summed E-state index contributed by atoms with van der Waals surface area (Å²) < 4.78 is -0.456. The normalized spacial score (nSPS) is 22.2. The lowest BCUT2D eigenvalue weighted by molar-refractivity contribution is -0.118. The standard InChI is InChI=1S/C13H14ClNO3S/c1-13(5-2-6-19-13)12(18)15-10-7-8(11(16)17)3-4-9(10)14/h3-4,7H,2,5-6H2,1H3,(H,15,18)(H,16,17). The maximum absolute atomic E-state index is 12.2. The Hall–Kier alpha value is -1.20. The third-order valence-electron chi connectivity index (χ3n) is 3.16. The number of hydrogen-bond donors (Lipinski definition) is 2. The molecule has 1 aromatic rings. The maximum Gasteiger partial charge on any atom is 0.335 e. The van der Waals surface area contributed by atoms with Crippen LogP contribution >= 0.6 is 23.4 Å². The first kappa shape index (κ1) is 14.2. The molecule has 0 bridgehead atoms. The lowest BCUT2D eigenvalue weighted by Gasteiger charge is -2.22. The molecular formula is C13H14ClNO3S. The summed E-state index contributed by atoms with van der Waals surface area (Å²) in [5, 5.41) is 12.0. The molecule has 1 atom stereocenters. The first-order valence-corrected chi connectivity index (χ1v) is 7.27. The fourth-order valence-corrected chi connectivity index (χ4v) is 3.34. The Morgan fingerprint density at radius 3 is 2.79 bits per heavy atom. The average molecular weight is 300 g/mol. The Kier molecular flexibility index (Phi) is 4.06. The van der Waals surface area contributed by atoms with Gasteiger partial charge in [-0.1, -0.05) is 11.6 Å². The molecule has 102 valence electrons. The fraction of sp³-hybridized carbons (Fsp3) is 0.385. The number of hydrogen-bond acceptors (Lipinski definition) is 3. The second-order valence-corrected chi connectivity index (χ2v) is 6.64. The number of carboxylic acids is 1. The number of carboxylic acid groups (broad SMARTS) is 1. The third-order valence-corrected chi connectivity index (χ3v) is 5.01. The number of benzene rings is 1. The van der Waals surface area contributed by atoms with E-state index in [1.54, 1.807) is 11.8 Å². The van der Waals surface area contributed by atoms with Crippen molar-refractivity contribution in [3.8, 4) is 0 Å². The first-order valence-electron chi connectivity index (χ1n) is 5.91. The molecule has 1 aliphatic heterocycles. The van der Waals surface area contributed by atoms with E-state index < -0.39 is 10.7 Å². The molecule has 1 heterocycles. The van der Waals surface area contributed by atoms with Crippen molar-refractivity contribution < 1.29 is 14.7 Å². The molecule has 1 fully saturated rings. The second-order valence-electron chi connectivity index (χ2n) is 4.64. The highest BCUT2D eigenvalue weighted by Gasteiger charge is 2.37. The molecule has 1 amide bonds. The molecule has 1 unspecified atom stereocenters. The van der Waals surface area contributed by atoms with Gasteiger partial charge in [0.2, 0.25) is 5.91 Å². The van der Waals surface area contributed by atoms with E-state index in [9.17, 15) is 9.59 Å². The van der Waals surface area contributed by atoms with Crippen molar-refractivity contribution in [3.63, 3.8) is 0 Å². The third kappa shape index (κ3) is 3.04. The highest BCUT2D eigenvalue weighted by atomic mass is 35.5. The first-order chi connectivity index (χ1) is 8.92. The lowest BCUT2D eigenvalue weighted by atomic mass is 10.0. The number of carbonyl (C=O) groups is 2. The summed E-state index contributed by atoms with van der Waals surface area (Å²) in [6.07, 6.45) is 1.83. The Bertz CT molecular complexity index is 527. The zero-order chi connectivity index (χ0) is 14.0. The van der Waals surface area contributed by atoms with Crippen LogP contribution in [0.1, 0.15) is 30.1 Å². The van der Waals surface area contributed by atoms with Crippen LogP contribution in [0, 0.1) is 0 Å². The molecule has 1 aliphatic rings. The van der Waals surface area contributed by atoms with Crippen LogP contribution in [0.2, 0.25) is 5.02 Å². The molecule has 1 saturated heterocycles. The molecular weight excluding hydrogens is 286 g/mol. The van der Waals surface area contributed by atoms with Crippen LogP contribution in [-0.4, -0.2) is 27.5 Å². The zero-order valence-corrected chi connectivity index (χ0v) is 12.0. The average Bonchev–Trinajstić information content (AvgIpc) is 2.80. The van der Waals surface area contributed by atoms with Crippen LogP contribution in [0.4, 0.5) is 5.69 Å². The van der Waals surface area contributed by atoms with Gasteiger partial charge in [0.05, 0.1) is 21.0 Å². The number of carbonyl (C=O) groups excluding carboxylic acids is 1. The second kappa shape index (κ2) is 5.43. The number of anilines is 1. The summed E-state index contributed by atoms with van der Waals surface area (Å²) in [7, 11) is 0. The molecule has 2 N–H and O–H groups in total. The van der Waals surface area contributed by atoms with Crippen molar-refractivity contribution in [2.45, 2.75) is 24.5 Å². The number of aromatic carboxylic acids is 1. The van der Waals surface area contributed by atoms with Gasteiger partial charge < -0.3 is 10.4 Å². The van der Waals surface area contributed by atoms with Gasteiger partial charge in [-0.05, 0) is 43.7 Å².